The number of carboxylic acids is 1. The van der Waals surface area contributed by atoms with E-state index in [1.807, 2.05) is 61.9 Å². The number of benzene rings is 1. The zero-order chi connectivity index (χ0) is 21.9. The molecule has 3 rings (SSSR count). The number of aliphatic carboxylic acids is 1. The number of carbonyl (C=O) groups is 2. The van der Waals surface area contributed by atoms with Crippen molar-refractivity contribution in [3.63, 3.8) is 0 Å². The maximum atomic E-state index is 12.2. The van der Waals surface area contributed by atoms with Crippen molar-refractivity contribution in [3.8, 4) is 5.69 Å². The standard InChI is InChI=1S/C23H31N3O4/c1-5-16(13-24-21(29)30-22(2,3)4)11-17-12-23(17,20(27)28)19-14-26(15-25-19)18-9-7-6-8-10-18/h6-10,14-17H,5,11-13H2,1-4H3,(H,24,29)(H,27,28)/t16?,17-,23+/m0/s1. The van der Waals surface area contributed by atoms with Gasteiger partial charge in [0, 0.05) is 18.4 Å². The SMILES string of the molecule is CCC(CNC(=O)OC(C)(C)C)C[C@H]1C[C@]1(C(=O)O)c1cn(-c2ccccc2)cn1. The van der Waals surface area contributed by atoms with Crippen LogP contribution in [0, 0.1) is 11.8 Å². The Hall–Kier alpha value is -2.83. The van der Waals surface area contributed by atoms with Crippen LogP contribution in [0.5, 0.6) is 0 Å². The van der Waals surface area contributed by atoms with E-state index in [-0.39, 0.29) is 11.8 Å². The van der Waals surface area contributed by atoms with Gasteiger partial charge < -0.3 is 19.7 Å². The smallest absolute Gasteiger partial charge is 0.407 e. The van der Waals surface area contributed by atoms with Crippen LogP contribution < -0.4 is 5.32 Å². The van der Waals surface area contributed by atoms with Crippen LogP contribution in [0.25, 0.3) is 5.69 Å². The third-order valence-corrected chi connectivity index (χ3v) is 5.71. The lowest BCUT2D eigenvalue weighted by Crippen LogP contribution is -2.35. The summed E-state index contributed by atoms with van der Waals surface area (Å²) in [7, 11) is 0. The second-order valence-electron chi connectivity index (χ2n) is 9.07. The first-order valence-corrected chi connectivity index (χ1v) is 10.5. The lowest BCUT2D eigenvalue weighted by molar-refractivity contribution is -0.140. The van der Waals surface area contributed by atoms with Crippen LogP contribution in [0.1, 0.15) is 52.7 Å². The number of rotatable bonds is 8. The van der Waals surface area contributed by atoms with Crippen LogP contribution in [0.15, 0.2) is 42.9 Å². The molecule has 30 heavy (non-hydrogen) atoms. The molecule has 1 aromatic heterocycles. The lowest BCUT2D eigenvalue weighted by atomic mass is 9.92. The lowest BCUT2D eigenvalue weighted by Gasteiger charge is -2.22. The fourth-order valence-corrected chi connectivity index (χ4v) is 3.93. The van der Waals surface area contributed by atoms with Gasteiger partial charge in [-0.2, -0.15) is 0 Å². The largest absolute Gasteiger partial charge is 0.481 e. The van der Waals surface area contributed by atoms with Gasteiger partial charge in [-0.1, -0.05) is 31.5 Å². The van der Waals surface area contributed by atoms with E-state index >= 15 is 0 Å². The maximum Gasteiger partial charge on any atom is 0.407 e. The van der Waals surface area contributed by atoms with Crippen molar-refractivity contribution >= 4 is 12.1 Å². The Labute approximate surface area is 177 Å². The monoisotopic (exact) mass is 413 g/mol. The number of carbonyl (C=O) groups excluding carboxylic acids is 1. The summed E-state index contributed by atoms with van der Waals surface area (Å²) in [5, 5.41) is 12.8. The average Bonchev–Trinajstić information content (AvgIpc) is 3.19. The van der Waals surface area contributed by atoms with Gasteiger partial charge in [-0.15, -0.1) is 0 Å². The minimum Gasteiger partial charge on any atom is -0.481 e. The first-order chi connectivity index (χ1) is 14.2. The van der Waals surface area contributed by atoms with Gasteiger partial charge in [-0.3, -0.25) is 4.79 Å². The van der Waals surface area contributed by atoms with E-state index in [9.17, 15) is 14.7 Å². The summed E-state index contributed by atoms with van der Waals surface area (Å²) in [5.74, 6) is -0.653. The molecule has 1 amide bonds. The molecule has 0 aliphatic heterocycles. The van der Waals surface area contributed by atoms with Crippen molar-refractivity contribution in [2.45, 2.75) is 58.0 Å². The molecule has 1 aliphatic rings. The van der Waals surface area contributed by atoms with Gasteiger partial charge in [0.05, 0.1) is 12.0 Å². The number of hydrogen-bond acceptors (Lipinski definition) is 4. The summed E-state index contributed by atoms with van der Waals surface area (Å²) in [6, 6.07) is 9.72. The fraction of sp³-hybridized carbons (Fsp3) is 0.522. The number of nitrogens with zero attached hydrogens (tertiary/aromatic N) is 2. The molecule has 0 saturated heterocycles. The molecule has 1 aliphatic carbocycles. The van der Waals surface area contributed by atoms with Gasteiger partial charge in [-0.25, -0.2) is 9.78 Å². The van der Waals surface area contributed by atoms with Crippen molar-refractivity contribution in [2.24, 2.45) is 11.8 Å². The number of ether oxygens (including phenoxy) is 1. The molecule has 7 heteroatoms. The highest BCUT2D eigenvalue weighted by atomic mass is 16.6. The molecule has 1 heterocycles. The number of alkyl carbamates (subject to hydrolysis) is 1. The number of para-hydroxylation sites is 1. The number of carboxylic acid groups (broad SMARTS) is 1. The molecule has 1 fully saturated rings. The molecule has 0 radical (unpaired) electrons. The minimum atomic E-state index is -0.945. The third kappa shape index (κ3) is 4.83. The third-order valence-electron chi connectivity index (χ3n) is 5.71. The highest BCUT2D eigenvalue weighted by Crippen LogP contribution is 2.57. The van der Waals surface area contributed by atoms with Gasteiger partial charge in [-0.05, 0) is 57.6 Å². The van der Waals surface area contributed by atoms with Crippen molar-refractivity contribution in [2.75, 3.05) is 6.54 Å². The molecule has 2 aromatic rings. The van der Waals surface area contributed by atoms with Gasteiger partial charge in [0.2, 0.25) is 0 Å². The van der Waals surface area contributed by atoms with E-state index in [0.29, 0.717) is 18.7 Å². The average molecular weight is 414 g/mol. The van der Waals surface area contributed by atoms with Crippen LogP contribution in [-0.2, 0) is 14.9 Å². The van der Waals surface area contributed by atoms with E-state index < -0.39 is 23.1 Å². The molecule has 0 spiro atoms. The van der Waals surface area contributed by atoms with Crippen LogP contribution in [0.2, 0.25) is 0 Å². The number of hydrogen-bond donors (Lipinski definition) is 2. The molecule has 2 N–H and O–H groups in total. The van der Waals surface area contributed by atoms with E-state index in [0.717, 1.165) is 18.5 Å². The van der Waals surface area contributed by atoms with Gasteiger partial charge in [0.1, 0.15) is 11.0 Å². The Morgan fingerprint density at radius 3 is 2.63 bits per heavy atom. The van der Waals surface area contributed by atoms with Gasteiger partial charge in [0.25, 0.3) is 0 Å². The maximum absolute atomic E-state index is 12.2. The first-order valence-electron chi connectivity index (χ1n) is 10.5. The highest BCUT2D eigenvalue weighted by Gasteiger charge is 2.63. The topological polar surface area (TPSA) is 93.5 Å². The second kappa shape index (κ2) is 8.50. The first kappa shape index (κ1) is 21.9. The molecule has 162 valence electrons. The molecular formula is C23H31N3O4. The second-order valence-corrected chi connectivity index (χ2v) is 9.07. The molecule has 1 saturated carbocycles. The van der Waals surface area contributed by atoms with Crippen molar-refractivity contribution in [1.82, 2.24) is 14.9 Å². The predicted octanol–water partition coefficient (Wildman–Crippen LogP) is 4.16. The van der Waals surface area contributed by atoms with Crippen molar-refractivity contribution < 1.29 is 19.4 Å². The van der Waals surface area contributed by atoms with Crippen LogP contribution in [0.3, 0.4) is 0 Å². The summed E-state index contributed by atoms with van der Waals surface area (Å²) < 4.78 is 7.15. The van der Waals surface area contributed by atoms with Gasteiger partial charge in [0.15, 0.2) is 0 Å². The summed E-state index contributed by atoms with van der Waals surface area (Å²) in [4.78, 5) is 28.6. The summed E-state index contributed by atoms with van der Waals surface area (Å²) >= 11 is 0. The van der Waals surface area contributed by atoms with E-state index in [2.05, 4.69) is 17.2 Å². The number of nitrogens with one attached hydrogen (secondary N) is 1. The zero-order valence-electron chi connectivity index (χ0n) is 18.1. The Bertz CT molecular complexity index is 887. The highest BCUT2D eigenvalue weighted by molar-refractivity contribution is 5.85. The molecule has 7 nitrogen and oxygen atoms in total. The van der Waals surface area contributed by atoms with E-state index in [4.69, 9.17) is 4.74 Å². The predicted molar refractivity (Wildman–Crippen MR) is 114 cm³/mol. The molecule has 1 unspecified atom stereocenters. The molecule has 0 bridgehead atoms. The Morgan fingerprint density at radius 2 is 2.03 bits per heavy atom. The van der Waals surface area contributed by atoms with Crippen LogP contribution in [-0.4, -0.2) is 38.9 Å². The minimum absolute atomic E-state index is 0.000454. The number of imidazole rings is 1. The fourth-order valence-electron chi connectivity index (χ4n) is 3.93. The quantitative estimate of drug-likeness (QED) is 0.678. The number of amides is 1. The normalized spacial score (nSPS) is 21.7. The summed E-state index contributed by atoms with van der Waals surface area (Å²) in [5.41, 5.74) is 0.0540. The molecular weight excluding hydrogens is 382 g/mol. The van der Waals surface area contributed by atoms with E-state index in [1.54, 1.807) is 6.33 Å². The molecule has 1 aromatic carbocycles. The Kier molecular flexibility index (Phi) is 6.19. The van der Waals surface area contributed by atoms with Crippen molar-refractivity contribution in [1.29, 1.82) is 0 Å². The summed E-state index contributed by atoms with van der Waals surface area (Å²) in [6.45, 7) is 7.99. The van der Waals surface area contributed by atoms with Crippen LogP contribution >= 0.6 is 0 Å². The summed E-state index contributed by atoms with van der Waals surface area (Å²) in [6.07, 6.45) is 5.19. The molecule has 3 atom stereocenters. The Balaban J connectivity index is 1.65. The van der Waals surface area contributed by atoms with Crippen LogP contribution in [0.4, 0.5) is 4.79 Å². The Morgan fingerprint density at radius 1 is 1.33 bits per heavy atom. The van der Waals surface area contributed by atoms with Crippen molar-refractivity contribution in [3.05, 3.63) is 48.5 Å². The number of aromatic nitrogens is 2. The zero-order valence-corrected chi connectivity index (χ0v) is 18.1. The van der Waals surface area contributed by atoms with E-state index in [1.165, 1.54) is 0 Å². The van der Waals surface area contributed by atoms with Gasteiger partial charge >= 0.3 is 12.1 Å².